The maximum atomic E-state index is 12.9. The Kier molecular flexibility index (Phi) is 3.93. The molecule has 0 aliphatic carbocycles. The monoisotopic (exact) mass is 266 g/mol. The van der Waals surface area contributed by atoms with Crippen LogP contribution in [-0.4, -0.2) is 20.5 Å². The average Bonchev–Trinajstić information content (AvgIpc) is 2.78. The topological polar surface area (TPSA) is 67.8 Å². The fourth-order valence-electron chi connectivity index (χ4n) is 1.43. The van der Waals surface area contributed by atoms with Crippen LogP contribution in [0.3, 0.4) is 0 Å². The van der Waals surface area contributed by atoms with E-state index >= 15 is 0 Å². The first-order valence-corrected chi connectivity index (χ1v) is 6.23. The van der Waals surface area contributed by atoms with Crippen molar-refractivity contribution in [3.63, 3.8) is 0 Å². The van der Waals surface area contributed by atoms with Gasteiger partial charge in [-0.1, -0.05) is 23.9 Å². The Balaban J connectivity index is 2.14. The van der Waals surface area contributed by atoms with Crippen LogP contribution in [0.15, 0.2) is 18.2 Å². The van der Waals surface area contributed by atoms with Crippen molar-refractivity contribution in [2.45, 2.75) is 19.8 Å². The molecule has 7 heteroatoms. The molecular formula is C11H11FN4OS. The molecule has 0 aliphatic heterocycles. The minimum absolute atomic E-state index is 0.177. The molecule has 0 saturated heterocycles. The van der Waals surface area contributed by atoms with Gasteiger partial charge >= 0.3 is 0 Å². The molecule has 1 amide bonds. The highest BCUT2D eigenvalue weighted by atomic mass is 32.1. The first-order valence-electron chi connectivity index (χ1n) is 5.46. The lowest BCUT2D eigenvalue weighted by molar-refractivity contribution is 0.102. The molecule has 94 valence electrons. The van der Waals surface area contributed by atoms with E-state index in [-0.39, 0.29) is 11.7 Å². The van der Waals surface area contributed by atoms with Gasteiger partial charge in [0, 0.05) is 0 Å². The number of rotatable bonds is 4. The summed E-state index contributed by atoms with van der Waals surface area (Å²) in [5.74, 6) is -0.814. The summed E-state index contributed by atoms with van der Waals surface area (Å²) in [6.45, 7) is 2.00. The molecule has 0 fully saturated rings. The minimum atomic E-state index is -0.635. The maximum absolute atomic E-state index is 12.9. The molecule has 2 aromatic rings. The smallest absolute Gasteiger partial charge is 0.270 e. The molecule has 0 atom stereocenters. The lowest BCUT2D eigenvalue weighted by Crippen LogP contribution is -2.13. The van der Waals surface area contributed by atoms with Gasteiger partial charge in [-0.3, -0.25) is 4.79 Å². The van der Waals surface area contributed by atoms with E-state index in [0.29, 0.717) is 17.0 Å². The molecule has 0 saturated carbocycles. The van der Waals surface area contributed by atoms with E-state index < -0.39 is 5.95 Å². The van der Waals surface area contributed by atoms with Crippen LogP contribution in [0.1, 0.15) is 28.7 Å². The summed E-state index contributed by atoms with van der Waals surface area (Å²) in [7, 11) is 0. The van der Waals surface area contributed by atoms with Crippen molar-refractivity contribution in [1.29, 1.82) is 0 Å². The summed E-state index contributed by atoms with van der Waals surface area (Å²) in [5, 5.41) is 6.42. The number of halogens is 1. The number of hydrogen-bond donors (Lipinski definition) is 1. The van der Waals surface area contributed by atoms with E-state index in [9.17, 15) is 9.18 Å². The largest absolute Gasteiger partial charge is 0.306 e. The van der Waals surface area contributed by atoms with Crippen LogP contribution in [-0.2, 0) is 6.42 Å². The van der Waals surface area contributed by atoms with E-state index in [1.165, 1.54) is 18.2 Å². The third-order valence-corrected chi connectivity index (χ3v) is 2.97. The fourth-order valence-corrected chi connectivity index (χ4v) is 2.04. The second-order valence-corrected chi connectivity index (χ2v) is 4.35. The van der Waals surface area contributed by atoms with E-state index in [1.54, 1.807) is 0 Å². The van der Waals surface area contributed by atoms with Gasteiger partial charge < -0.3 is 5.32 Å². The van der Waals surface area contributed by atoms with Crippen LogP contribution in [0.5, 0.6) is 0 Å². The number of nitrogens with zero attached hydrogens (tertiary/aromatic N) is 3. The van der Waals surface area contributed by atoms with Crippen LogP contribution in [0, 0.1) is 5.95 Å². The zero-order valence-electron chi connectivity index (χ0n) is 9.68. The molecule has 0 aromatic carbocycles. The van der Waals surface area contributed by atoms with E-state index in [2.05, 4.69) is 19.9 Å². The van der Waals surface area contributed by atoms with Gasteiger partial charge in [0.15, 0.2) is 0 Å². The Labute approximate surface area is 107 Å². The number of aryl methyl sites for hydroxylation is 1. The minimum Gasteiger partial charge on any atom is -0.306 e. The standard InChI is InChI=1S/C11H11FN4OS/c1-2-4-7-10(18-16-15-7)11(17)14-9-6-3-5-8(12)13-9/h3,5-6H,2,4H2,1H3,(H,13,14,17). The Morgan fingerprint density at radius 1 is 1.50 bits per heavy atom. The molecule has 18 heavy (non-hydrogen) atoms. The lowest BCUT2D eigenvalue weighted by Gasteiger charge is -2.03. The fraction of sp³-hybridized carbons (Fsp3) is 0.273. The number of amides is 1. The first kappa shape index (κ1) is 12.6. The predicted octanol–water partition coefficient (Wildman–Crippen LogP) is 2.28. The van der Waals surface area contributed by atoms with Gasteiger partial charge in [-0.2, -0.15) is 4.39 Å². The summed E-state index contributed by atoms with van der Waals surface area (Å²) in [4.78, 5) is 16.0. The second kappa shape index (κ2) is 5.63. The highest BCUT2D eigenvalue weighted by Gasteiger charge is 2.16. The zero-order valence-corrected chi connectivity index (χ0v) is 10.5. The van der Waals surface area contributed by atoms with E-state index in [0.717, 1.165) is 18.0 Å². The summed E-state index contributed by atoms with van der Waals surface area (Å²) in [6, 6.07) is 4.22. The van der Waals surface area contributed by atoms with Gasteiger partial charge in [-0.05, 0) is 30.1 Å². The average molecular weight is 266 g/mol. The number of aromatic nitrogens is 3. The molecule has 5 nitrogen and oxygen atoms in total. The summed E-state index contributed by atoms with van der Waals surface area (Å²) < 4.78 is 16.6. The van der Waals surface area contributed by atoms with Gasteiger partial charge in [0.2, 0.25) is 5.95 Å². The highest BCUT2D eigenvalue weighted by molar-refractivity contribution is 7.08. The summed E-state index contributed by atoms with van der Waals surface area (Å²) >= 11 is 1.03. The Morgan fingerprint density at radius 3 is 3.06 bits per heavy atom. The van der Waals surface area contributed by atoms with Crippen molar-refractivity contribution in [2.24, 2.45) is 0 Å². The number of hydrogen-bond acceptors (Lipinski definition) is 5. The Morgan fingerprint density at radius 2 is 2.33 bits per heavy atom. The van der Waals surface area contributed by atoms with E-state index in [4.69, 9.17) is 0 Å². The second-order valence-electron chi connectivity index (χ2n) is 3.60. The molecule has 1 N–H and O–H groups in total. The predicted molar refractivity (Wildman–Crippen MR) is 66.1 cm³/mol. The van der Waals surface area contributed by atoms with Crippen LogP contribution in [0.4, 0.5) is 10.2 Å². The van der Waals surface area contributed by atoms with Crippen molar-refractivity contribution >= 4 is 23.3 Å². The number of anilines is 1. The molecule has 2 aromatic heterocycles. The maximum Gasteiger partial charge on any atom is 0.270 e. The molecular weight excluding hydrogens is 255 g/mol. The Bertz CT molecular complexity index is 557. The highest BCUT2D eigenvalue weighted by Crippen LogP contribution is 2.14. The molecule has 0 spiro atoms. The van der Waals surface area contributed by atoms with Crippen molar-refractivity contribution in [2.75, 3.05) is 5.32 Å². The van der Waals surface area contributed by atoms with E-state index in [1.807, 2.05) is 6.92 Å². The SMILES string of the molecule is CCCc1nnsc1C(=O)Nc1cccc(F)n1. The van der Waals surface area contributed by atoms with Crippen LogP contribution < -0.4 is 5.32 Å². The summed E-state index contributed by atoms with van der Waals surface area (Å²) in [5.41, 5.74) is 0.663. The zero-order chi connectivity index (χ0) is 13.0. The molecule has 2 rings (SSSR count). The molecule has 0 bridgehead atoms. The molecule has 2 heterocycles. The molecule has 0 radical (unpaired) electrons. The van der Waals surface area contributed by atoms with Crippen molar-refractivity contribution in [3.8, 4) is 0 Å². The van der Waals surface area contributed by atoms with Crippen LogP contribution in [0.25, 0.3) is 0 Å². The first-order chi connectivity index (χ1) is 8.70. The van der Waals surface area contributed by atoms with Gasteiger partial charge in [0.25, 0.3) is 5.91 Å². The number of pyridine rings is 1. The number of carbonyl (C=O) groups excluding carboxylic acids is 1. The van der Waals surface area contributed by atoms with Gasteiger partial charge in [-0.25, -0.2) is 4.98 Å². The third-order valence-electron chi connectivity index (χ3n) is 2.21. The lowest BCUT2D eigenvalue weighted by atomic mass is 10.2. The number of carbonyl (C=O) groups is 1. The van der Waals surface area contributed by atoms with Crippen LogP contribution >= 0.6 is 11.5 Å². The van der Waals surface area contributed by atoms with Gasteiger partial charge in [0.05, 0.1) is 5.69 Å². The van der Waals surface area contributed by atoms with Crippen LogP contribution in [0.2, 0.25) is 0 Å². The van der Waals surface area contributed by atoms with Gasteiger partial charge in [0.1, 0.15) is 10.7 Å². The summed E-state index contributed by atoms with van der Waals surface area (Å²) in [6.07, 6.45) is 1.57. The third kappa shape index (κ3) is 2.86. The van der Waals surface area contributed by atoms with Gasteiger partial charge in [-0.15, -0.1) is 5.10 Å². The quantitative estimate of drug-likeness (QED) is 0.862. The Hall–Kier alpha value is -1.89. The normalized spacial score (nSPS) is 10.3. The number of nitrogens with one attached hydrogen (secondary N) is 1. The molecule has 0 aliphatic rings. The van der Waals surface area contributed by atoms with Crippen molar-refractivity contribution in [1.82, 2.24) is 14.6 Å². The van der Waals surface area contributed by atoms with Crippen molar-refractivity contribution in [3.05, 3.63) is 34.7 Å². The van der Waals surface area contributed by atoms with Crippen molar-refractivity contribution < 1.29 is 9.18 Å². The molecule has 0 unspecified atom stereocenters.